The molecule has 0 saturated heterocycles. The molecule has 0 aliphatic carbocycles. The number of nitrogens with one attached hydrogen (secondary N) is 2. The summed E-state index contributed by atoms with van der Waals surface area (Å²) in [5, 5.41) is 10.1. The van der Waals surface area contributed by atoms with Crippen LogP contribution in [0.5, 0.6) is 0 Å². The molecule has 0 bridgehead atoms. The average molecular weight is 529 g/mol. The van der Waals surface area contributed by atoms with Gasteiger partial charge in [-0.05, 0) is 72.2 Å². The van der Waals surface area contributed by atoms with Gasteiger partial charge in [-0.15, -0.1) is 0 Å². The predicted octanol–water partition coefficient (Wildman–Crippen LogP) is 4.48. The van der Waals surface area contributed by atoms with Crippen LogP contribution in [0, 0.1) is 11.8 Å². The third kappa shape index (κ3) is 9.93. The van der Waals surface area contributed by atoms with Crippen LogP contribution in [-0.2, 0) is 11.2 Å². The summed E-state index contributed by atoms with van der Waals surface area (Å²) in [6.07, 6.45) is 2.76. The molecule has 4 N–H and O–H groups in total. The molecule has 1 aromatic heterocycles. The van der Waals surface area contributed by atoms with Gasteiger partial charge >= 0.3 is 0 Å². The summed E-state index contributed by atoms with van der Waals surface area (Å²) in [7, 11) is 0. The first-order valence-electron chi connectivity index (χ1n) is 13.4. The van der Waals surface area contributed by atoms with Gasteiger partial charge in [0.05, 0.1) is 0 Å². The van der Waals surface area contributed by atoms with Crippen molar-refractivity contribution in [1.82, 2.24) is 15.5 Å². The van der Waals surface area contributed by atoms with Crippen LogP contribution in [0.25, 0.3) is 0 Å². The van der Waals surface area contributed by atoms with Crippen molar-refractivity contribution in [3.05, 3.63) is 57.8 Å². The Morgan fingerprint density at radius 1 is 1.03 bits per heavy atom. The third-order valence-electron chi connectivity index (χ3n) is 6.27. The van der Waals surface area contributed by atoms with Gasteiger partial charge < -0.3 is 21.3 Å². The molecule has 3 atom stereocenters. The average Bonchev–Trinajstić information content (AvgIpc) is 3.39. The van der Waals surface area contributed by atoms with Crippen molar-refractivity contribution in [3.8, 4) is 0 Å². The van der Waals surface area contributed by atoms with Crippen molar-refractivity contribution in [2.45, 2.75) is 72.4 Å². The number of nitrogens with two attached hydrogens (primary N) is 1. The first-order chi connectivity index (χ1) is 17.7. The molecule has 0 saturated carbocycles. The molecule has 37 heavy (non-hydrogen) atoms. The molecule has 1 heterocycles. The number of nitrogens with zero attached hydrogens (tertiary/aromatic N) is 1. The van der Waals surface area contributed by atoms with E-state index in [-0.39, 0.29) is 29.7 Å². The fourth-order valence-corrected chi connectivity index (χ4v) is 4.89. The second kappa shape index (κ2) is 15.5. The second-order valence-electron chi connectivity index (χ2n) is 10.2. The van der Waals surface area contributed by atoms with Crippen LogP contribution in [0.2, 0.25) is 0 Å². The zero-order valence-corrected chi connectivity index (χ0v) is 23.8. The molecule has 2 aromatic rings. The highest BCUT2D eigenvalue weighted by Crippen LogP contribution is 2.16. The number of hydrogen-bond donors (Lipinski definition) is 3. The van der Waals surface area contributed by atoms with Gasteiger partial charge in [-0.2, -0.15) is 11.3 Å². The molecular weight excluding hydrogens is 484 g/mol. The van der Waals surface area contributed by atoms with Gasteiger partial charge in [0.2, 0.25) is 5.91 Å². The van der Waals surface area contributed by atoms with E-state index < -0.39 is 6.04 Å². The number of carbonyl (C=O) groups is 3. The maximum absolute atomic E-state index is 13.3. The maximum Gasteiger partial charge on any atom is 0.253 e. The van der Waals surface area contributed by atoms with E-state index in [0.29, 0.717) is 49.5 Å². The number of hydrogen-bond acceptors (Lipinski definition) is 5. The Bertz CT molecular complexity index is 987. The van der Waals surface area contributed by atoms with Gasteiger partial charge in [-0.25, -0.2) is 0 Å². The number of thiophene rings is 1. The second-order valence-corrected chi connectivity index (χ2v) is 11.0. The maximum atomic E-state index is 13.3. The molecule has 1 aromatic carbocycles. The Hall–Kier alpha value is -2.71. The minimum absolute atomic E-state index is 0.0281. The fraction of sp³-hybridized carbons (Fsp3) is 0.552. The molecule has 0 aliphatic rings. The van der Waals surface area contributed by atoms with E-state index in [4.69, 9.17) is 5.73 Å². The van der Waals surface area contributed by atoms with E-state index >= 15 is 0 Å². The first kappa shape index (κ1) is 30.5. The fourth-order valence-electron chi connectivity index (χ4n) is 4.21. The van der Waals surface area contributed by atoms with E-state index in [1.165, 1.54) is 0 Å². The Balaban J connectivity index is 2.16. The van der Waals surface area contributed by atoms with E-state index in [1.807, 2.05) is 42.5 Å². The van der Waals surface area contributed by atoms with Gasteiger partial charge in [0.15, 0.2) is 0 Å². The zero-order chi connectivity index (χ0) is 27.4. The van der Waals surface area contributed by atoms with E-state index in [0.717, 1.165) is 18.4 Å². The lowest BCUT2D eigenvalue weighted by Crippen LogP contribution is -2.50. The lowest BCUT2D eigenvalue weighted by molar-refractivity contribution is -0.125. The summed E-state index contributed by atoms with van der Waals surface area (Å²) in [4.78, 5) is 40.7. The van der Waals surface area contributed by atoms with Crippen molar-refractivity contribution in [3.63, 3.8) is 0 Å². The Morgan fingerprint density at radius 3 is 2.30 bits per heavy atom. The van der Waals surface area contributed by atoms with Crippen LogP contribution >= 0.6 is 11.3 Å². The van der Waals surface area contributed by atoms with Crippen LogP contribution in [-0.4, -0.2) is 54.3 Å². The summed E-state index contributed by atoms with van der Waals surface area (Å²) in [6, 6.07) is 8.11. The SMILES string of the molecule is CCCN(CCC)C(=O)c1cccc(C(=O)N[C@@H](Cc2ccsc2)[C@@H](N)C[C@@H](C)C(=O)NCC(C)C)c1. The van der Waals surface area contributed by atoms with Gasteiger partial charge in [-0.1, -0.05) is 40.7 Å². The molecule has 0 spiro atoms. The summed E-state index contributed by atoms with van der Waals surface area (Å²) in [5.74, 6) is -0.278. The molecule has 7 nitrogen and oxygen atoms in total. The lowest BCUT2D eigenvalue weighted by Gasteiger charge is -2.27. The van der Waals surface area contributed by atoms with Gasteiger partial charge in [0.25, 0.3) is 11.8 Å². The lowest BCUT2D eigenvalue weighted by atomic mass is 9.92. The monoisotopic (exact) mass is 528 g/mol. The number of benzene rings is 1. The summed E-state index contributed by atoms with van der Waals surface area (Å²) >= 11 is 1.59. The zero-order valence-electron chi connectivity index (χ0n) is 23.0. The largest absolute Gasteiger partial charge is 0.356 e. The minimum Gasteiger partial charge on any atom is -0.356 e. The van der Waals surface area contributed by atoms with Crippen LogP contribution in [0.1, 0.15) is 80.2 Å². The normalized spacial score (nSPS) is 13.6. The van der Waals surface area contributed by atoms with E-state index in [2.05, 4.69) is 24.5 Å². The van der Waals surface area contributed by atoms with Crippen molar-refractivity contribution < 1.29 is 14.4 Å². The minimum atomic E-state index is -0.418. The molecule has 204 valence electrons. The third-order valence-corrected chi connectivity index (χ3v) is 7.00. The van der Waals surface area contributed by atoms with E-state index in [9.17, 15) is 14.4 Å². The highest BCUT2D eigenvalue weighted by atomic mass is 32.1. The molecule has 2 rings (SSSR count). The molecule has 0 aliphatic heterocycles. The van der Waals surface area contributed by atoms with Gasteiger partial charge in [0, 0.05) is 48.8 Å². The smallest absolute Gasteiger partial charge is 0.253 e. The standard InChI is InChI=1S/C29H44N4O3S/c1-6-12-33(13-7-2)29(36)24-10-8-9-23(17-24)28(35)32-26(16-22-11-14-37-19-22)25(30)15-21(5)27(34)31-18-20(3)4/h8-11,14,17,19-21,25-26H,6-7,12-13,15-16,18,30H2,1-5H3,(H,31,34)(H,32,35)/t21-,25+,26+/m1/s1. The van der Waals surface area contributed by atoms with Gasteiger partial charge in [0.1, 0.15) is 0 Å². The van der Waals surface area contributed by atoms with Crippen molar-refractivity contribution in [1.29, 1.82) is 0 Å². The summed E-state index contributed by atoms with van der Waals surface area (Å²) < 4.78 is 0. The van der Waals surface area contributed by atoms with Crippen LogP contribution < -0.4 is 16.4 Å². The number of rotatable bonds is 15. The molecule has 8 heteroatoms. The Kier molecular flexibility index (Phi) is 12.8. The predicted molar refractivity (Wildman–Crippen MR) is 152 cm³/mol. The summed E-state index contributed by atoms with van der Waals surface area (Å²) in [5.41, 5.74) is 8.60. The van der Waals surface area contributed by atoms with Crippen molar-refractivity contribution in [2.24, 2.45) is 17.6 Å². The molecule has 0 fully saturated rings. The van der Waals surface area contributed by atoms with E-state index in [1.54, 1.807) is 35.6 Å². The molecule has 3 amide bonds. The highest BCUT2D eigenvalue weighted by Gasteiger charge is 2.26. The van der Waals surface area contributed by atoms with Crippen LogP contribution in [0.3, 0.4) is 0 Å². The van der Waals surface area contributed by atoms with Gasteiger partial charge in [-0.3, -0.25) is 14.4 Å². The topological polar surface area (TPSA) is 105 Å². The Labute approximate surface area is 226 Å². The van der Waals surface area contributed by atoms with Crippen LogP contribution in [0.15, 0.2) is 41.1 Å². The molecule has 0 radical (unpaired) electrons. The summed E-state index contributed by atoms with van der Waals surface area (Å²) in [6.45, 7) is 12.1. The van der Waals surface area contributed by atoms with Crippen molar-refractivity contribution >= 4 is 29.1 Å². The van der Waals surface area contributed by atoms with Crippen LogP contribution in [0.4, 0.5) is 0 Å². The number of amides is 3. The quantitative estimate of drug-likeness (QED) is 0.317. The van der Waals surface area contributed by atoms with Crippen molar-refractivity contribution in [2.75, 3.05) is 19.6 Å². The first-order valence-corrected chi connectivity index (χ1v) is 14.3. The molecular formula is C29H44N4O3S. The Morgan fingerprint density at radius 2 is 1.70 bits per heavy atom. The number of carbonyl (C=O) groups excluding carboxylic acids is 3. The highest BCUT2D eigenvalue weighted by molar-refractivity contribution is 7.07. The molecule has 0 unspecified atom stereocenters.